The van der Waals surface area contributed by atoms with Gasteiger partial charge in [-0.15, -0.1) is 0 Å². The molecule has 0 unspecified atom stereocenters. The van der Waals surface area contributed by atoms with Crippen LogP contribution in [0.2, 0.25) is 0 Å². The number of hydrogen-bond donors (Lipinski definition) is 0. The van der Waals surface area contributed by atoms with Crippen molar-refractivity contribution >= 4 is 59.0 Å². The summed E-state index contributed by atoms with van der Waals surface area (Å²) in [7, 11) is -17.9. The van der Waals surface area contributed by atoms with Gasteiger partial charge in [-0.05, 0) is 25.7 Å². The molecular weight excluding hydrogens is 1030 g/mol. The van der Waals surface area contributed by atoms with Crippen LogP contribution in [0.1, 0.15) is 285 Å². The van der Waals surface area contributed by atoms with E-state index in [1.54, 1.807) is 0 Å². The molecule has 0 saturated carbocycles. The first kappa shape index (κ1) is 83.0. The van der Waals surface area contributed by atoms with Gasteiger partial charge in [0.25, 0.3) is 0 Å². The first-order valence-electron chi connectivity index (χ1n) is 26.6. The Morgan fingerprint density at radius 3 is 0.429 bits per heavy atom. The number of rotatable bonds is 48. The quantitative estimate of drug-likeness (QED) is 0.0237. The van der Waals surface area contributed by atoms with Crippen LogP contribution in [0.5, 0.6) is 0 Å². The van der Waals surface area contributed by atoms with Crippen molar-refractivity contribution in [2.75, 3.05) is 26.4 Å². The first-order valence-corrected chi connectivity index (χ1v) is 32.0. The van der Waals surface area contributed by atoms with Crippen molar-refractivity contribution in [1.29, 1.82) is 0 Å². The molecule has 22 heteroatoms. The van der Waals surface area contributed by atoms with Crippen LogP contribution in [0.15, 0.2) is 0 Å². The van der Waals surface area contributed by atoms with Crippen molar-refractivity contribution in [3.05, 3.63) is 0 Å². The second kappa shape index (κ2) is 63.2. The summed E-state index contributed by atoms with van der Waals surface area (Å²) >= 11 is 0. The molecule has 0 spiro atoms. The van der Waals surface area contributed by atoms with Crippen LogP contribution < -0.4 is 51.4 Å². The predicted octanol–water partition coefficient (Wildman–Crippen LogP) is 10.2. The van der Waals surface area contributed by atoms with Crippen molar-refractivity contribution in [3.8, 4) is 0 Å². The average molecular weight is 1130 g/mol. The van der Waals surface area contributed by atoms with E-state index in [2.05, 4.69) is 44.4 Å². The van der Waals surface area contributed by atoms with Crippen LogP contribution in [0.25, 0.3) is 0 Å². The molecule has 0 aromatic heterocycles. The fraction of sp³-hybridized carbons (Fsp3) is 1.00. The van der Waals surface area contributed by atoms with Gasteiger partial charge in [0.05, 0.1) is 26.4 Å². The predicted molar refractivity (Wildman–Crippen MR) is 276 cm³/mol. The molecule has 0 bridgehead atoms. The maximum Gasteiger partial charge on any atom is 3.00 e. The van der Waals surface area contributed by atoms with Gasteiger partial charge in [0.1, 0.15) is 0 Å². The molecule has 0 heterocycles. The Labute approximate surface area is 485 Å². The van der Waals surface area contributed by atoms with Crippen molar-refractivity contribution in [3.63, 3.8) is 0 Å². The Bertz CT molecular complexity index is 1230. The van der Waals surface area contributed by atoms with E-state index in [1.165, 1.54) is 180 Å². The number of unbranched alkanes of at least 4 members (excludes halogenated alkanes) is 36. The van der Waals surface area contributed by atoms with Crippen LogP contribution in [0.3, 0.4) is 0 Å². The molecule has 0 aliphatic carbocycles. The summed E-state index contributed by atoms with van der Waals surface area (Å²) in [5, 5.41) is 0. The zero-order valence-corrected chi connectivity index (χ0v) is 52.4. The van der Waals surface area contributed by atoms with Gasteiger partial charge in [0, 0.05) is 0 Å². The molecule has 0 N–H and O–H groups in total. The van der Waals surface area contributed by atoms with Crippen LogP contribution >= 0.6 is 0 Å². The third-order valence-corrected chi connectivity index (χ3v) is 12.7. The Hall–Kier alpha value is 1.65. The smallest absolute Gasteiger partial charge is 0.726 e. The average Bonchev–Trinajstić information content (AvgIpc) is 3.25. The normalized spacial score (nSPS) is 11.5. The Kier molecular flexibility index (Phi) is 74.9. The van der Waals surface area contributed by atoms with Gasteiger partial charge in [0.15, 0.2) is 0 Å². The summed E-state index contributed by atoms with van der Waals surface area (Å²) in [6, 6.07) is 0. The molecule has 0 aliphatic rings. The molecule has 0 atom stereocenters. The number of hydrogen-bond acceptors (Lipinski definition) is 16. The Morgan fingerprint density at radius 2 is 0.329 bits per heavy atom. The van der Waals surface area contributed by atoms with Crippen molar-refractivity contribution in [2.45, 2.75) is 285 Å². The SMILES string of the molecule is CCCCCCCCCCCCOS(=O)(=O)[O-].CCCCCCCCCCCCOS(=O)(=O)[O-].CCCCCCCCCCCCOS(=O)(=O)[O-].CCCCCCCCCCCCOS(=O)(=O)[O-].[Al+3].[K+]. The van der Waals surface area contributed by atoms with E-state index in [1.807, 2.05) is 0 Å². The van der Waals surface area contributed by atoms with Gasteiger partial charge in [-0.3, -0.25) is 16.7 Å². The summed E-state index contributed by atoms with van der Waals surface area (Å²) in [4.78, 5) is 0. The van der Waals surface area contributed by atoms with Crippen LogP contribution in [0.4, 0.5) is 0 Å². The zero-order valence-electron chi connectivity index (χ0n) is 44.9. The molecule has 0 fully saturated rings. The molecule has 0 aliphatic heterocycles. The third kappa shape index (κ3) is 98.8. The minimum absolute atomic E-state index is 0. The minimum atomic E-state index is -4.48. The second-order valence-corrected chi connectivity index (χ2v) is 21.9. The first-order chi connectivity index (χ1) is 32.2. The van der Waals surface area contributed by atoms with Gasteiger partial charge in [0.2, 0.25) is 41.6 Å². The Balaban J connectivity index is -0.000000193. The fourth-order valence-electron chi connectivity index (χ4n) is 7.00. The molecule has 16 nitrogen and oxygen atoms in total. The van der Waals surface area contributed by atoms with Crippen LogP contribution in [-0.2, 0) is 58.3 Å². The van der Waals surface area contributed by atoms with Gasteiger partial charge in [-0.2, -0.15) is 0 Å². The van der Waals surface area contributed by atoms with Gasteiger partial charge in [-0.1, -0.05) is 259 Å². The van der Waals surface area contributed by atoms with Gasteiger partial charge < -0.3 is 18.2 Å². The van der Waals surface area contributed by atoms with E-state index in [4.69, 9.17) is 0 Å². The van der Waals surface area contributed by atoms with E-state index < -0.39 is 41.6 Å². The molecule has 70 heavy (non-hydrogen) atoms. The monoisotopic (exact) mass is 1130 g/mol. The zero-order chi connectivity index (χ0) is 51.9. The molecule has 0 saturated heterocycles. The van der Waals surface area contributed by atoms with Gasteiger partial charge >= 0.3 is 68.7 Å². The molecule has 0 aromatic rings. The largest absolute Gasteiger partial charge is 3.00 e. The maximum atomic E-state index is 10.1. The van der Waals surface area contributed by atoms with Crippen LogP contribution in [0, 0.1) is 0 Å². The second-order valence-electron chi connectivity index (χ2n) is 17.6. The van der Waals surface area contributed by atoms with Crippen LogP contribution in [-0.4, -0.2) is 95.7 Å². The van der Waals surface area contributed by atoms with E-state index in [-0.39, 0.29) is 95.2 Å². The summed E-state index contributed by atoms with van der Waals surface area (Å²) in [5.41, 5.74) is 0. The molecule has 0 radical (unpaired) electrons. The molecular formula is C48H100AlKO16S4. The topological polar surface area (TPSA) is 266 Å². The van der Waals surface area contributed by atoms with Gasteiger partial charge in [-0.25, -0.2) is 33.7 Å². The van der Waals surface area contributed by atoms with E-state index in [0.29, 0.717) is 25.7 Å². The van der Waals surface area contributed by atoms with E-state index in [9.17, 15) is 51.9 Å². The molecule has 0 amide bonds. The van der Waals surface area contributed by atoms with E-state index >= 15 is 0 Å². The molecule has 416 valence electrons. The molecule has 0 rings (SSSR count). The van der Waals surface area contributed by atoms with Crippen molar-refractivity contribution in [2.24, 2.45) is 0 Å². The van der Waals surface area contributed by atoms with E-state index in [0.717, 1.165) is 51.4 Å². The third-order valence-electron chi connectivity index (χ3n) is 10.9. The standard InChI is InChI=1S/4C12H26O4S.Al.K/c4*1-2-3-4-5-6-7-8-9-10-11-12-16-17(13,14)15;;/h4*2-12H2,1H3,(H,13,14,15);;/q;;;;+3;+1/p-4. The Morgan fingerprint density at radius 1 is 0.229 bits per heavy atom. The fourth-order valence-corrected chi connectivity index (χ4v) is 8.29. The van der Waals surface area contributed by atoms with Crippen molar-refractivity contribution in [1.82, 2.24) is 0 Å². The summed E-state index contributed by atoms with van der Waals surface area (Å²) in [6.07, 6.45) is 46.8. The minimum Gasteiger partial charge on any atom is -0.726 e. The summed E-state index contributed by atoms with van der Waals surface area (Å²) < 4.78 is 138. The molecule has 0 aromatic carbocycles. The summed E-state index contributed by atoms with van der Waals surface area (Å²) in [5.74, 6) is 0. The van der Waals surface area contributed by atoms with Crippen molar-refractivity contribution < 1.29 is 120 Å². The maximum absolute atomic E-state index is 10.1. The summed E-state index contributed by atoms with van der Waals surface area (Å²) in [6.45, 7) is 8.97.